The Balaban J connectivity index is 2.03. The van der Waals surface area contributed by atoms with Gasteiger partial charge < -0.3 is 14.9 Å². The molecule has 1 fully saturated rings. The number of hydrogen-bond donors (Lipinski definition) is 1. The first-order valence-corrected chi connectivity index (χ1v) is 8.34. The van der Waals surface area contributed by atoms with Crippen LogP contribution < -0.4 is 0 Å². The Hall–Kier alpha value is -1.17. The van der Waals surface area contributed by atoms with E-state index >= 15 is 0 Å². The Morgan fingerprint density at radius 1 is 1.43 bits per heavy atom. The number of benzene rings is 1. The van der Waals surface area contributed by atoms with E-state index in [-0.39, 0.29) is 41.4 Å². The van der Waals surface area contributed by atoms with Gasteiger partial charge in [-0.05, 0) is 31.6 Å². The molecule has 2 rings (SSSR count). The number of carbonyl (C=O) groups excluding carboxylic acids is 1. The van der Waals surface area contributed by atoms with Gasteiger partial charge in [-0.2, -0.15) is 0 Å². The fraction of sp³-hybridized carbons (Fsp3) is 0.588. The molecule has 0 aromatic heterocycles. The maximum Gasteiger partial charge on any atom is 0.227 e. The van der Waals surface area contributed by atoms with Crippen LogP contribution in [0.15, 0.2) is 18.2 Å². The summed E-state index contributed by atoms with van der Waals surface area (Å²) in [5, 5.41) is 9.84. The quantitative estimate of drug-likeness (QED) is 0.860. The van der Waals surface area contributed by atoms with Gasteiger partial charge in [-0.3, -0.25) is 4.79 Å². The summed E-state index contributed by atoms with van der Waals surface area (Å²) in [5.74, 6) is -0.280. The summed E-state index contributed by atoms with van der Waals surface area (Å²) in [5.41, 5.74) is 0.244. The zero-order valence-electron chi connectivity index (χ0n) is 13.6. The fourth-order valence-electron chi connectivity index (χ4n) is 3.05. The number of aliphatic hydroxyl groups is 1. The first-order chi connectivity index (χ1) is 11.0. The third-order valence-electron chi connectivity index (χ3n) is 4.64. The van der Waals surface area contributed by atoms with E-state index in [0.29, 0.717) is 13.1 Å². The average molecular weight is 343 g/mol. The number of amides is 1. The van der Waals surface area contributed by atoms with E-state index in [2.05, 4.69) is 11.8 Å². The molecule has 1 heterocycles. The van der Waals surface area contributed by atoms with Crippen LogP contribution in [0.25, 0.3) is 0 Å². The van der Waals surface area contributed by atoms with Crippen LogP contribution >= 0.6 is 11.6 Å². The van der Waals surface area contributed by atoms with Crippen LogP contribution in [0.2, 0.25) is 5.02 Å². The van der Waals surface area contributed by atoms with Crippen LogP contribution in [0.5, 0.6) is 0 Å². The van der Waals surface area contributed by atoms with Crippen molar-refractivity contribution in [2.75, 3.05) is 39.8 Å². The lowest BCUT2D eigenvalue weighted by molar-refractivity contribution is -0.129. The summed E-state index contributed by atoms with van der Waals surface area (Å²) in [6.07, 6.45) is -0.0417. The number of hydrogen-bond acceptors (Lipinski definition) is 3. The van der Waals surface area contributed by atoms with Crippen molar-refractivity contribution < 1.29 is 14.3 Å². The monoisotopic (exact) mass is 342 g/mol. The van der Waals surface area contributed by atoms with Gasteiger partial charge in [0.1, 0.15) is 5.82 Å². The van der Waals surface area contributed by atoms with E-state index in [0.717, 1.165) is 13.1 Å². The van der Waals surface area contributed by atoms with Gasteiger partial charge in [-0.15, -0.1) is 0 Å². The Bertz CT molecular complexity index is 535. The normalized spacial score (nSPS) is 21.2. The van der Waals surface area contributed by atoms with Crippen LogP contribution in [0, 0.1) is 17.7 Å². The first kappa shape index (κ1) is 18.2. The molecule has 1 saturated heterocycles. The molecule has 4 nitrogen and oxygen atoms in total. The van der Waals surface area contributed by atoms with Crippen molar-refractivity contribution in [1.29, 1.82) is 0 Å². The standard InChI is InChI=1S/C17H24ClFN2O2/c1-3-20(2)8-12-9-21(10-13(12)11-22)17(23)7-14-15(18)5-4-6-16(14)19/h4-6,12-13,22H,3,7-11H2,1-2H3/t12-,13-/m1/s1. The molecule has 1 aromatic rings. The fourth-order valence-corrected chi connectivity index (χ4v) is 3.28. The van der Waals surface area contributed by atoms with Gasteiger partial charge >= 0.3 is 0 Å². The molecule has 1 N–H and O–H groups in total. The van der Waals surface area contributed by atoms with E-state index in [1.54, 1.807) is 11.0 Å². The van der Waals surface area contributed by atoms with Crippen LogP contribution in [0.1, 0.15) is 12.5 Å². The molecular weight excluding hydrogens is 319 g/mol. The van der Waals surface area contributed by atoms with Crippen molar-refractivity contribution in [3.05, 3.63) is 34.6 Å². The predicted octanol–water partition coefficient (Wildman–Crippen LogP) is 2.04. The molecule has 23 heavy (non-hydrogen) atoms. The molecule has 1 aliphatic heterocycles. The highest BCUT2D eigenvalue weighted by Gasteiger charge is 2.35. The zero-order valence-corrected chi connectivity index (χ0v) is 14.4. The maximum atomic E-state index is 13.8. The molecule has 128 valence electrons. The van der Waals surface area contributed by atoms with Gasteiger partial charge in [0.05, 0.1) is 6.42 Å². The minimum Gasteiger partial charge on any atom is -0.396 e. The molecule has 6 heteroatoms. The van der Waals surface area contributed by atoms with Crippen molar-refractivity contribution in [2.45, 2.75) is 13.3 Å². The molecular formula is C17H24ClFN2O2. The van der Waals surface area contributed by atoms with E-state index in [9.17, 15) is 14.3 Å². The molecule has 2 atom stereocenters. The third-order valence-corrected chi connectivity index (χ3v) is 4.99. The smallest absolute Gasteiger partial charge is 0.227 e. The van der Waals surface area contributed by atoms with E-state index < -0.39 is 5.82 Å². The molecule has 1 aromatic carbocycles. The molecule has 0 radical (unpaired) electrons. The van der Waals surface area contributed by atoms with Crippen molar-refractivity contribution in [2.24, 2.45) is 11.8 Å². The second kappa shape index (κ2) is 8.08. The first-order valence-electron chi connectivity index (χ1n) is 7.96. The number of halogens is 2. The summed E-state index contributed by atoms with van der Waals surface area (Å²) in [7, 11) is 2.03. The molecule has 1 amide bonds. The number of nitrogens with zero attached hydrogens (tertiary/aromatic N) is 2. The lowest BCUT2D eigenvalue weighted by Gasteiger charge is -2.22. The lowest BCUT2D eigenvalue weighted by atomic mass is 9.96. The topological polar surface area (TPSA) is 43.8 Å². The van der Waals surface area contributed by atoms with Crippen LogP contribution in [-0.2, 0) is 11.2 Å². The summed E-state index contributed by atoms with van der Waals surface area (Å²) in [4.78, 5) is 16.4. The van der Waals surface area contributed by atoms with E-state index in [1.807, 2.05) is 7.05 Å². The summed E-state index contributed by atoms with van der Waals surface area (Å²) in [6, 6.07) is 4.43. The molecule has 0 aliphatic carbocycles. The summed E-state index contributed by atoms with van der Waals surface area (Å²) >= 11 is 6.00. The van der Waals surface area contributed by atoms with Gasteiger partial charge in [-0.25, -0.2) is 4.39 Å². The van der Waals surface area contributed by atoms with E-state index in [1.165, 1.54) is 12.1 Å². The number of carbonyl (C=O) groups is 1. The van der Waals surface area contributed by atoms with Crippen LogP contribution in [0.4, 0.5) is 4.39 Å². The van der Waals surface area contributed by atoms with Gasteiger partial charge in [-0.1, -0.05) is 24.6 Å². The highest BCUT2D eigenvalue weighted by molar-refractivity contribution is 6.31. The molecule has 0 saturated carbocycles. The third kappa shape index (κ3) is 4.43. The Kier molecular flexibility index (Phi) is 6.39. The summed E-state index contributed by atoms with van der Waals surface area (Å²) in [6.45, 7) is 5.02. The number of rotatable bonds is 6. The molecule has 0 bridgehead atoms. The Morgan fingerprint density at radius 2 is 2.13 bits per heavy atom. The molecule has 0 unspecified atom stereocenters. The highest BCUT2D eigenvalue weighted by atomic mass is 35.5. The second-order valence-corrected chi connectivity index (χ2v) is 6.64. The minimum atomic E-state index is -0.453. The second-order valence-electron chi connectivity index (χ2n) is 6.23. The molecule has 1 aliphatic rings. The SMILES string of the molecule is CCN(C)C[C@@H]1CN(C(=O)Cc2c(F)cccc2Cl)C[C@@H]1CO. The zero-order chi connectivity index (χ0) is 17.0. The van der Waals surface area contributed by atoms with Gasteiger partial charge in [0.25, 0.3) is 0 Å². The predicted molar refractivity (Wildman–Crippen MR) is 88.9 cm³/mol. The van der Waals surface area contributed by atoms with Crippen LogP contribution in [-0.4, -0.2) is 60.6 Å². The minimum absolute atomic E-state index is 0.0417. The lowest BCUT2D eigenvalue weighted by Crippen LogP contribution is -2.33. The van der Waals surface area contributed by atoms with E-state index in [4.69, 9.17) is 11.6 Å². The van der Waals surface area contributed by atoms with Crippen molar-refractivity contribution in [3.8, 4) is 0 Å². The van der Waals surface area contributed by atoms with Crippen LogP contribution in [0.3, 0.4) is 0 Å². The number of aliphatic hydroxyl groups excluding tert-OH is 1. The Morgan fingerprint density at radius 3 is 2.74 bits per heavy atom. The summed E-state index contributed by atoms with van der Waals surface area (Å²) < 4.78 is 13.8. The Labute approximate surface area is 141 Å². The van der Waals surface area contributed by atoms with Gasteiger partial charge in [0.2, 0.25) is 5.91 Å². The largest absolute Gasteiger partial charge is 0.396 e. The maximum absolute atomic E-state index is 13.8. The average Bonchev–Trinajstić information content (AvgIpc) is 2.93. The number of likely N-dealkylation sites (tertiary alicyclic amines) is 1. The van der Waals surface area contributed by atoms with Crippen molar-refractivity contribution in [3.63, 3.8) is 0 Å². The van der Waals surface area contributed by atoms with Gasteiger partial charge in [0.15, 0.2) is 0 Å². The highest BCUT2D eigenvalue weighted by Crippen LogP contribution is 2.26. The van der Waals surface area contributed by atoms with Crippen molar-refractivity contribution >= 4 is 17.5 Å². The van der Waals surface area contributed by atoms with Gasteiger partial charge in [0, 0.05) is 42.7 Å². The molecule has 0 spiro atoms. The van der Waals surface area contributed by atoms with Crippen molar-refractivity contribution in [1.82, 2.24) is 9.80 Å².